The zero-order valence-corrected chi connectivity index (χ0v) is 15.7. The third-order valence-corrected chi connectivity index (χ3v) is 6.96. The average molecular weight is 360 g/mol. The van der Waals surface area contributed by atoms with Crippen molar-refractivity contribution < 1.29 is 0 Å². The number of hydrogen-bond acceptors (Lipinski definition) is 4. The summed E-state index contributed by atoms with van der Waals surface area (Å²) in [6.07, 6.45) is 3.67. The van der Waals surface area contributed by atoms with Crippen LogP contribution in [0.15, 0.2) is 41.4 Å². The summed E-state index contributed by atoms with van der Waals surface area (Å²) >= 11 is 7.55. The molecule has 4 rings (SSSR count). The van der Waals surface area contributed by atoms with E-state index in [9.17, 15) is 0 Å². The Kier molecular flexibility index (Phi) is 3.85. The summed E-state index contributed by atoms with van der Waals surface area (Å²) in [5.41, 5.74) is 10.4. The van der Waals surface area contributed by atoms with Crippen LogP contribution in [0.5, 0.6) is 0 Å². The van der Waals surface area contributed by atoms with Crippen molar-refractivity contribution in [2.75, 3.05) is 5.43 Å². The molecule has 1 aromatic heterocycles. The number of fused-ring (bicyclic) bond motifs is 2. The van der Waals surface area contributed by atoms with Crippen LogP contribution < -0.4 is 10.9 Å². The molecule has 1 saturated carbocycles. The second kappa shape index (κ2) is 5.78. The number of aromatic nitrogens is 1. The topological polar surface area (TPSA) is 37.0 Å². The lowest BCUT2D eigenvalue weighted by Gasteiger charge is -2.36. The lowest BCUT2D eigenvalue weighted by Crippen LogP contribution is -2.35. The Morgan fingerprint density at radius 3 is 2.62 bits per heavy atom. The second-order valence-electron chi connectivity index (χ2n) is 7.48. The van der Waals surface area contributed by atoms with E-state index in [0.29, 0.717) is 17.3 Å². The normalized spacial score (nSPS) is 27.2. The highest BCUT2D eigenvalue weighted by Gasteiger charge is 2.51. The second-order valence-corrected chi connectivity index (χ2v) is 8.77. The van der Waals surface area contributed by atoms with Crippen LogP contribution in [-0.4, -0.2) is 4.98 Å². The number of thiazole rings is 1. The van der Waals surface area contributed by atoms with Gasteiger partial charge in [0.25, 0.3) is 0 Å². The molecule has 0 aliphatic heterocycles. The molecule has 3 nitrogen and oxygen atoms in total. The molecule has 0 unspecified atom stereocenters. The molecule has 2 N–H and O–H groups in total. The SMILES string of the molecule is C[C@H]1[C@H]2C=C(NNc3nc(-c4ccc(Cl)cc4)cs3)[C@@H](C2)C1(C)C. The highest BCUT2D eigenvalue weighted by atomic mass is 35.5. The van der Waals surface area contributed by atoms with E-state index in [-0.39, 0.29) is 0 Å². The molecule has 2 aliphatic rings. The number of nitrogens with one attached hydrogen (secondary N) is 2. The lowest BCUT2D eigenvalue weighted by atomic mass is 9.71. The van der Waals surface area contributed by atoms with Gasteiger partial charge in [-0.25, -0.2) is 4.98 Å². The van der Waals surface area contributed by atoms with Crippen LogP contribution >= 0.6 is 22.9 Å². The fourth-order valence-corrected chi connectivity index (χ4v) is 4.87. The van der Waals surface area contributed by atoms with E-state index in [0.717, 1.165) is 27.3 Å². The molecular formula is C19H22ClN3S. The van der Waals surface area contributed by atoms with Crippen molar-refractivity contribution in [3.05, 3.63) is 46.4 Å². The smallest absolute Gasteiger partial charge is 0.202 e. The van der Waals surface area contributed by atoms with Crippen molar-refractivity contribution in [3.63, 3.8) is 0 Å². The summed E-state index contributed by atoms with van der Waals surface area (Å²) in [5, 5.41) is 3.69. The van der Waals surface area contributed by atoms with Crippen LogP contribution in [-0.2, 0) is 0 Å². The highest BCUT2D eigenvalue weighted by Crippen LogP contribution is 2.57. The number of allylic oxidation sites excluding steroid dienone is 2. The van der Waals surface area contributed by atoms with E-state index < -0.39 is 0 Å². The molecule has 5 heteroatoms. The Morgan fingerprint density at radius 2 is 1.96 bits per heavy atom. The largest absolute Gasteiger partial charge is 0.303 e. The van der Waals surface area contributed by atoms with Crippen LogP contribution in [0.4, 0.5) is 5.13 Å². The Bertz CT molecular complexity index is 778. The molecule has 0 saturated heterocycles. The summed E-state index contributed by atoms with van der Waals surface area (Å²) in [4.78, 5) is 4.66. The zero-order chi connectivity index (χ0) is 16.9. The highest BCUT2D eigenvalue weighted by molar-refractivity contribution is 7.14. The van der Waals surface area contributed by atoms with Crippen molar-refractivity contribution >= 4 is 28.1 Å². The minimum atomic E-state index is 0.362. The van der Waals surface area contributed by atoms with Gasteiger partial charge in [-0.15, -0.1) is 11.3 Å². The molecule has 24 heavy (non-hydrogen) atoms. The predicted molar refractivity (Wildman–Crippen MR) is 102 cm³/mol. The van der Waals surface area contributed by atoms with Crippen molar-refractivity contribution in [2.45, 2.75) is 27.2 Å². The van der Waals surface area contributed by atoms with Crippen LogP contribution in [0, 0.1) is 23.2 Å². The number of hydrazine groups is 1. The summed E-state index contributed by atoms with van der Waals surface area (Å²) in [7, 11) is 0. The average Bonchev–Trinajstić information content (AvgIpc) is 3.24. The number of hydrogen-bond donors (Lipinski definition) is 2. The molecule has 0 amide bonds. The molecule has 126 valence electrons. The molecule has 2 aromatic rings. The fourth-order valence-electron chi connectivity index (χ4n) is 4.07. The van der Waals surface area contributed by atoms with Gasteiger partial charge in [0.15, 0.2) is 0 Å². The predicted octanol–water partition coefficient (Wildman–Crippen LogP) is 5.58. The Hall–Kier alpha value is -1.52. The number of rotatable bonds is 4. The third kappa shape index (κ3) is 2.62. The molecule has 0 spiro atoms. The van der Waals surface area contributed by atoms with Gasteiger partial charge in [0.05, 0.1) is 5.69 Å². The quantitative estimate of drug-likeness (QED) is 0.700. The van der Waals surface area contributed by atoms with Crippen molar-refractivity contribution in [3.8, 4) is 11.3 Å². The maximum Gasteiger partial charge on any atom is 0.202 e. The molecule has 3 atom stereocenters. The van der Waals surface area contributed by atoms with Crippen LogP contribution in [0.2, 0.25) is 5.02 Å². The Morgan fingerprint density at radius 1 is 1.21 bits per heavy atom. The van der Waals surface area contributed by atoms with Crippen molar-refractivity contribution in [2.24, 2.45) is 23.2 Å². The van der Waals surface area contributed by atoms with Crippen molar-refractivity contribution in [1.82, 2.24) is 10.4 Å². The Balaban J connectivity index is 1.44. The first-order chi connectivity index (χ1) is 11.4. The standard InChI is InChI=1S/C19H22ClN3S/c1-11-13-8-15(19(11,2)3)16(9-13)22-23-18-21-17(10-24-18)12-4-6-14(20)7-5-12/h4-7,9-11,13,15,22H,8H2,1-3H3,(H,21,23)/t11-,13+,15+/m0/s1. The number of halogens is 1. The van der Waals surface area contributed by atoms with Crippen LogP contribution in [0.1, 0.15) is 27.2 Å². The van der Waals surface area contributed by atoms with Crippen LogP contribution in [0.25, 0.3) is 11.3 Å². The van der Waals surface area contributed by atoms with Gasteiger partial charge in [-0.1, -0.05) is 50.6 Å². The van der Waals surface area contributed by atoms with E-state index >= 15 is 0 Å². The van der Waals surface area contributed by atoms with E-state index in [2.05, 4.69) is 48.1 Å². The van der Waals surface area contributed by atoms with E-state index in [4.69, 9.17) is 11.6 Å². The summed E-state index contributed by atoms with van der Waals surface area (Å²) in [5.74, 6) is 2.07. The van der Waals surface area contributed by atoms with Gasteiger partial charge >= 0.3 is 0 Å². The first-order valence-corrected chi connectivity index (χ1v) is 9.66. The minimum absolute atomic E-state index is 0.362. The third-order valence-electron chi connectivity index (χ3n) is 5.95. The van der Waals surface area contributed by atoms with Gasteiger partial charge in [-0.2, -0.15) is 0 Å². The van der Waals surface area contributed by atoms with E-state index in [1.54, 1.807) is 11.3 Å². The lowest BCUT2D eigenvalue weighted by molar-refractivity contribution is 0.195. The molecule has 2 aliphatic carbocycles. The van der Waals surface area contributed by atoms with Gasteiger partial charge < -0.3 is 5.43 Å². The van der Waals surface area contributed by atoms with Gasteiger partial charge in [-0.3, -0.25) is 5.43 Å². The van der Waals surface area contributed by atoms with E-state index in [1.165, 1.54) is 12.1 Å². The fraction of sp³-hybridized carbons (Fsp3) is 0.421. The van der Waals surface area contributed by atoms with Crippen molar-refractivity contribution in [1.29, 1.82) is 0 Å². The molecule has 0 radical (unpaired) electrons. The molecule has 1 heterocycles. The van der Waals surface area contributed by atoms with Gasteiger partial charge in [0.2, 0.25) is 5.13 Å². The maximum absolute atomic E-state index is 5.94. The monoisotopic (exact) mass is 359 g/mol. The number of benzene rings is 1. The summed E-state index contributed by atoms with van der Waals surface area (Å²) in [6, 6.07) is 7.78. The summed E-state index contributed by atoms with van der Waals surface area (Å²) < 4.78 is 0. The molecule has 2 bridgehead atoms. The van der Waals surface area contributed by atoms with Gasteiger partial charge in [-0.05, 0) is 35.8 Å². The Labute approximate surface area is 152 Å². The minimum Gasteiger partial charge on any atom is -0.303 e. The summed E-state index contributed by atoms with van der Waals surface area (Å²) in [6.45, 7) is 7.16. The first kappa shape index (κ1) is 16.0. The van der Waals surface area contributed by atoms with Crippen LogP contribution in [0.3, 0.4) is 0 Å². The molecule has 1 fully saturated rings. The van der Waals surface area contributed by atoms with E-state index in [1.807, 2.05) is 24.3 Å². The first-order valence-electron chi connectivity index (χ1n) is 8.40. The molecule has 1 aromatic carbocycles. The zero-order valence-electron chi connectivity index (χ0n) is 14.1. The maximum atomic E-state index is 5.94. The van der Waals surface area contributed by atoms with Gasteiger partial charge in [0, 0.05) is 27.6 Å². The number of nitrogens with zero attached hydrogens (tertiary/aromatic N) is 1. The number of anilines is 1. The molecular weight excluding hydrogens is 338 g/mol. The van der Waals surface area contributed by atoms with Gasteiger partial charge in [0.1, 0.15) is 0 Å².